The van der Waals surface area contributed by atoms with Gasteiger partial charge in [0.2, 0.25) is 20.0 Å². The van der Waals surface area contributed by atoms with Crippen LogP contribution in [0.2, 0.25) is 0 Å². The molecule has 2 aliphatic rings. The fourth-order valence-corrected chi connectivity index (χ4v) is 7.07. The van der Waals surface area contributed by atoms with Gasteiger partial charge in [-0.3, -0.25) is 4.79 Å². The van der Waals surface area contributed by atoms with E-state index in [1.165, 1.54) is 6.07 Å². The van der Waals surface area contributed by atoms with Crippen LogP contribution in [0.1, 0.15) is 25.7 Å². The molecule has 1 saturated heterocycles. The molecule has 1 atom stereocenters. The second kappa shape index (κ2) is 8.71. The lowest BCUT2D eigenvalue weighted by Gasteiger charge is -2.31. The number of hydrogen-bond donors (Lipinski definition) is 2. The number of benzene rings is 2. The molecule has 0 radical (unpaired) electrons. The highest BCUT2D eigenvalue weighted by molar-refractivity contribution is 7.89. The number of rotatable bonds is 5. The summed E-state index contributed by atoms with van der Waals surface area (Å²) in [4.78, 5) is 13.2. The van der Waals surface area contributed by atoms with E-state index in [-0.39, 0.29) is 30.1 Å². The summed E-state index contributed by atoms with van der Waals surface area (Å²) < 4.78 is 53.7. The van der Waals surface area contributed by atoms with Crippen LogP contribution in [0, 0.1) is 0 Å². The van der Waals surface area contributed by atoms with Crippen molar-refractivity contribution in [2.75, 3.05) is 19.3 Å². The van der Waals surface area contributed by atoms with Crippen LogP contribution in [0.3, 0.4) is 0 Å². The summed E-state index contributed by atoms with van der Waals surface area (Å²) in [5.74, 6) is -0.627. The molecule has 174 valence electrons. The SMILES string of the molecule is CS(=O)(=O)N1CCN(S(=O)(=O)c2ccc3ccccc3c2)C1C(=O)NC1CCC(N)CC1. The Morgan fingerprint density at radius 1 is 0.938 bits per heavy atom. The van der Waals surface area contributed by atoms with Crippen LogP contribution in [0.25, 0.3) is 10.8 Å². The molecular formula is C21H28N4O5S2. The Morgan fingerprint density at radius 2 is 1.56 bits per heavy atom. The number of nitrogens with zero attached hydrogens (tertiary/aromatic N) is 2. The minimum absolute atomic E-state index is 0.0213. The summed E-state index contributed by atoms with van der Waals surface area (Å²) in [6, 6.07) is 12.0. The maximum absolute atomic E-state index is 13.5. The Hall–Kier alpha value is -2.05. The average molecular weight is 481 g/mol. The van der Waals surface area contributed by atoms with E-state index >= 15 is 0 Å². The Morgan fingerprint density at radius 3 is 2.22 bits per heavy atom. The Kier molecular flexibility index (Phi) is 6.29. The van der Waals surface area contributed by atoms with E-state index in [1.807, 2.05) is 18.2 Å². The van der Waals surface area contributed by atoms with Crippen LogP contribution in [-0.2, 0) is 24.8 Å². The summed E-state index contributed by atoms with van der Waals surface area (Å²) in [6.45, 7) is -0.185. The smallest absolute Gasteiger partial charge is 0.254 e. The summed E-state index contributed by atoms with van der Waals surface area (Å²) in [7, 11) is -7.93. The first-order chi connectivity index (χ1) is 15.1. The Balaban J connectivity index is 1.66. The fourth-order valence-electron chi connectivity index (χ4n) is 4.45. The predicted octanol–water partition coefficient (Wildman–Crippen LogP) is 0.818. The molecule has 1 saturated carbocycles. The van der Waals surface area contributed by atoms with Gasteiger partial charge in [-0.25, -0.2) is 16.8 Å². The molecule has 4 rings (SSSR count). The number of fused-ring (bicyclic) bond motifs is 1. The number of nitrogens with one attached hydrogen (secondary N) is 1. The second-order valence-electron chi connectivity index (χ2n) is 8.49. The molecule has 11 heteroatoms. The lowest BCUT2D eigenvalue weighted by atomic mass is 9.92. The maximum Gasteiger partial charge on any atom is 0.254 e. The van der Waals surface area contributed by atoms with E-state index in [4.69, 9.17) is 5.73 Å². The van der Waals surface area contributed by atoms with E-state index in [2.05, 4.69) is 5.32 Å². The van der Waals surface area contributed by atoms with Crippen molar-refractivity contribution in [1.29, 1.82) is 0 Å². The third-order valence-corrected chi connectivity index (χ3v) is 9.28. The van der Waals surface area contributed by atoms with Crippen molar-refractivity contribution in [1.82, 2.24) is 13.9 Å². The highest BCUT2D eigenvalue weighted by atomic mass is 32.2. The van der Waals surface area contributed by atoms with Crippen LogP contribution in [0.5, 0.6) is 0 Å². The minimum Gasteiger partial charge on any atom is -0.351 e. The molecule has 1 amide bonds. The van der Waals surface area contributed by atoms with E-state index in [9.17, 15) is 21.6 Å². The summed E-state index contributed by atoms with van der Waals surface area (Å²) in [6.07, 6.45) is 2.39. The van der Waals surface area contributed by atoms with Gasteiger partial charge in [-0.05, 0) is 48.6 Å². The average Bonchev–Trinajstić information content (AvgIpc) is 3.22. The molecule has 2 aromatic rings. The Bertz CT molecular complexity index is 1220. The van der Waals surface area contributed by atoms with Crippen molar-refractivity contribution < 1.29 is 21.6 Å². The number of amides is 1. The van der Waals surface area contributed by atoms with E-state index in [1.54, 1.807) is 18.2 Å². The van der Waals surface area contributed by atoms with Crippen molar-refractivity contribution in [2.24, 2.45) is 5.73 Å². The van der Waals surface area contributed by atoms with E-state index < -0.39 is 32.1 Å². The first-order valence-electron chi connectivity index (χ1n) is 10.6. The number of carbonyl (C=O) groups is 1. The first-order valence-corrected chi connectivity index (χ1v) is 13.9. The number of hydrogen-bond acceptors (Lipinski definition) is 6. The molecule has 0 spiro atoms. The van der Waals surface area contributed by atoms with Gasteiger partial charge in [0.25, 0.3) is 5.91 Å². The van der Waals surface area contributed by atoms with E-state index in [0.717, 1.165) is 38.5 Å². The van der Waals surface area contributed by atoms with Crippen molar-refractivity contribution >= 4 is 36.7 Å². The third-order valence-electron chi connectivity index (χ3n) is 6.19. The standard InChI is InChI=1S/C21H28N4O5S2/c1-31(27,28)24-12-13-25(21(24)20(26)23-18-9-7-17(22)8-10-18)32(29,30)19-11-6-15-4-2-3-5-16(15)14-19/h2-6,11,14,17-18,21H,7-10,12-13,22H2,1H3,(H,23,26). The van der Waals surface area contributed by atoms with Crippen LogP contribution in [0.4, 0.5) is 0 Å². The van der Waals surface area contributed by atoms with Crippen LogP contribution in [0.15, 0.2) is 47.4 Å². The zero-order valence-corrected chi connectivity index (χ0v) is 19.5. The molecule has 3 N–H and O–H groups in total. The van der Waals surface area contributed by atoms with Gasteiger partial charge in [-0.15, -0.1) is 0 Å². The van der Waals surface area contributed by atoms with Gasteiger partial charge >= 0.3 is 0 Å². The van der Waals surface area contributed by atoms with Crippen molar-refractivity contribution in [3.8, 4) is 0 Å². The predicted molar refractivity (Wildman–Crippen MR) is 122 cm³/mol. The third kappa shape index (κ3) is 4.53. The minimum atomic E-state index is -4.12. The Labute approximate surface area is 188 Å². The zero-order valence-electron chi connectivity index (χ0n) is 17.8. The van der Waals surface area contributed by atoms with Crippen LogP contribution < -0.4 is 11.1 Å². The van der Waals surface area contributed by atoms with Gasteiger partial charge in [-0.1, -0.05) is 30.3 Å². The van der Waals surface area contributed by atoms with Gasteiger partial charge in [-0.2, -0.15) is 8.61 Å². The maximum atomic E-state index is 13.5. The van der Waals surface area contributed by atoms with Gasteiger partial charge in [0, 0.05) is 25.2 Å². The summed E-state index contributed by atoms with van der Waals surface area (Å²) in [5.41, 5.74) is 5.92. The fraction of sp³-hybridized carbons (Fsp3) is 0.476. The lowest BCUT2D eigenvalue weighted by Crippen LogP contribution is -2.55. The molecule has 2 fully saturated rings. The molecule has 1 heterocycles. The number of carbonyl (C=O) groups excluding carboxylic acids is 1. The highest BCUT2D eigenvalue weighted by Gasteiger charge is 2.48. The van der Waals surface area contributed by atoms with Gasteiger partial charge in [0.15, 0.2) is 6.17 Å². The first kappa shape index (κ1) is 23.1. The zero-order chi connectivity index (χ0) is 23.1. The molecule has 0 bridgehead atoms. The second-order valence-corrected chi connectivity index (χ2v) is 12.3. The topological polar surface area (TPSA) is 130 Å². The molecule has 1 unspecified atom stereocenters. The van der Waals surface area contributed by atoms with Gasteiger partial charge in [0.05, 0.1) is 11.2 Å². The van der Waals surface area contributed by atoms with E-state index in [0.29, 0.717) is 12.8 Å². The quantitative estimate of drug-likeness (QED) is 0.652. The highest BCUT2D eigenvalue weighted by Crippen LogP contribution is 2.29. The molecule has 1 aliphatic carbocycles. The molecule has 2 aromatic carbocycles. The normalized spacial score (nSPS) is 25.8. The summed E-state index contributed by atoms with van der Waals surface area (Å²) in [5, 5.41) is 4.49. The van der Waals surface area contributed by atoms with Gasteiger partial charge < -0.3 is 11.1 Å². The van der Waals surface area contributed by atoms with Crippen molar-refractivity contribution in [3.05, 3.63) is 42.5 Å². The largest absolute Gasteiger partial charge is 0.351 e. The number of nitrogens with two attached hydrogens (primary N) is 1. The number of sulfonamides is 2. The van der Waals surface area contributed by atoms with Crippen LogP contribution >= 0.6 is 0 Å². The monoisotopic (exact) mass is 480 g/mol. The molecule has 0 aromatic heterocycles. The van der Waals surface area contributed by atoms with Crippen LogP contribution in [-0.4, -0.2) is 68.9 Å². The summed E-state index contributed by atoms with van der Waals surface area (Å²) >= 11 is 0. The molecule has 32 heavy (non-hydrogen) atoms. The molecular weight excluding hydrogens is 452 g/mol. The molecule has 1 aliphatic heterocycles. The van der Waals surface area contributed by atoms with Gasteiger partial charge in [0.1, 0.15) is 0 Å². The van der Waals surface area contributed by atoms with Crippen molar-refractivity contribution in [2.45, 2.75) is 48.8 Å². The lowest BCUT2D eigenvalue weighted by molar-refractivity contribution is -0.127. The van der Waals surface area contributed by atoms with Crippen molar-refractivity contribution in [3.63, 3.8) is 0 Å². The molecule has 9 nitrogen and oxygen atoms in total.